The van der Waals surface area contributed by atoms with Gasteiger partial charge in [0.05, 0.1) is 11.3 Å². The van der Waals surface area contributed by atoms with Gasteiger partial charge in [-0.2, -0.15) is 0 Å². The molecule has 0 bridgehead atoms. The second-order valence-corrected chi connectivity index (χ2v) is 10.8. The SMILES string of the molecule is CC(C)=O.Cc1ccc(NC(=O)C2=[N+]3C(=C(c4ccccc4)c4ccc(C(=O)Nc5ccc(C)cc5)n4[B-]3(F)F)C=C2)cc1. The molecule has 0 saturated heterocycles. The molecule has 0 saturated carbocycles. The maximum Gasteiger partial charge on any atom is 0.738 e. The van der Waals surface area contributed by atoms with E-state index in [1.54, 1.807) is 24.3 Å². The third kappa shape index (κ3) is 5.92. The molecule has 4 aromatic rings. The molecule has 2 aliphatic heterocycles. The van der Waals surface area contributed by atoms with Gasteiger partial charge in [-0.1, -0.05) is 65.7 Å². The highest BCUT2D eigenvalue weighted by Crippen LogP contribution is 2.40. The molecule has 6 rings (SSSR count). The first-order valence-corrected chi connectivity index (χ1v) is 14.1. The summed E-state index contributed by atoms with van der Waals surface area (Å²) < 4.78 is 34.7. The van der Waals surface area contributed by atoms with Gasteiger partial charge in [-0.05, 0) is 69.7 Å². The van der Waals surface area contributed by atoms with Crippen molar-refractivity contribution in [1.82, 2.24) is 4.48 Å². The fraction of sp³-hybridized carbons (Fsp3) is 0.118. The van der Waals surface area contributed by atoms with Crippen molar-refractivity contribution in [3.8, 4) is 0 Å². The first kappa shape index (κ1) is 30.1. The zero-order valence-corrected chi connectivity index (χ0v) is 24.8. The molecule has 0 aliphatic carbocycles. The Morgan fingerprint density at radius 3 is 1.77 bits per heavy atom. The largest absolute Gasteiger partial charge is 0.738 e. The molecule has 0 fully saturated rings. The van der Waals surface area contributed by atoms with Crippen molar-refractivity contribution in [3.63, 3.8) is 0 Å². The van der Waals surface area contributed by atoms with Crippen molar-refractivity contribution < 1.29 is 27.5 Å². The average Bonchev–Trinajstić information content (AvgIpc) is 3.63. The average molecular weight is 592 g/mol. The van der Waals surface area contributed by atoms with Crippen LogP contribution in [-0.4, -0.2) is 39.2 Å². The normalized spacial score (nSPS) is 14.3. The number of carbonyl (C=O) groups excluding carboxylic acids is 3. The van der Waals surface area contributed by atoms with Crippen molar-refractivity contribution in [3.05, 3.63) is 137 Å². The van der Waals surface area contributed by atoms with Gasteiger partial charge in [-0.3, -0.25) is 9.59 Å². The summed E-state index contributed by atoms with van der Waals surface area (Å²) in [5.74, 6) is -1.18. The van der Waals surface area contributed by atoms with E-state index in [-0.39, 0.29) is 28.6 Å². The number of benzene rings is 3. The van der Waals surface area contributed by atoms with Crippen LogP contribution in [0.1, 0.15) is 46.7 Å². The van der Waals surface area contributed by atoms with E-state index in [0.717, 1.165) is 20.1 Å². The highest BCUT2D eigenvalue weighted by Gasteiger charge is 2.56. The molecular formula is C34H31BF2N4O3. The third-order valence-electron chi connectivity index (χ3n) is 7.12. The van der Waals surface area contributed by atoms with Gasteiger partial charge >= 0.3 is 12.9 Å². The van der Waals surface area contributed by atoms with Crippen molar-refractivity contribution >= 4 is 47.2 Å². The number of nitrogens with one attached hydrogen (secondary N) is 2. The highest BCUT2D eigenvalue weighted by molar-refractivity contribution is 6.61. The summed E-state index contributed by atoms with van der Waals surface area (Å²) in [6.45, 7) is 2.26. The number of carbonyl (C=O) groups is 3. The number of nitrogens with zero attached hydrogens (tertiary/aromatic N) is 2. The Kier molecular flexibility index (Phi) is 8.27. The monoisotopic (exact) mass is 592 g/mol. The summed E-state index contributed by atoms with van der Waals surface area (Å²) in [6.07, 6.45) is 2.93. The number of hydrogen-bond donors (Lipinski definition) is 2. The number of ketones is 1. The van der Waals surface area contributed by atoms with Gasteiger partial charge in [0.15, 0.2) is 5.70 Å². The smallest absolute Gasteiger partial charge is 0.389 e. The number of aromatic nitrogens is 1. The van der Waals surface area contributed by atoms with E-state index in [1.807, 2.05) is 68.4 Å². The van der Waals surface area contributed by atoms with E-state index in [9.17, 15) is 14.4 Å². The zero-order valence-electron chi connectivity index (χ0n) is 24.8. The van der Waals surface area contributed by atoms with Gasteiger partial charge in [0.2, 0.25) is 5.71 Å². The minimum atomic E-state index is -4.63. The van der Waals surface area contributed by atoms with Gasteiger partial charge in [0, 0.05) is 29.2 Å². The Morgan fingerprint density at radius 1 is 0.705 bits per heavy atom. The van der Waals surface area contributed by atoms with E-state index < -0.39 is 18.8 Å². The van der Waals surface area contributed by atoms with Gasteiger partial charge in [-0.25, -0.2) is 0 Å². The Bertz CT molecular complexity index is 1850. The van der Waals surface area contributed by atoms with Crippen LogP contribution in [0.4, 0.5) is 20.0 Å². The number of hydrogen-bond acceptors (Lipinski definition) is 3. The molecule has 3 heterocycles. The molecule has 3 aromatic carbocycles. The summed E-state index contributed by atoms with van der Waals surface area (Å²) in [4.78, 5) is 36.1. The number of halogens is 2. The molecule has 2 amide bonds. The maximum absolute atomic E-state index is 16.6. The fourth-order valence-electron chi connectivity index (χ4n) is 5.15. The van der Waals surface area contributed by atoms with Crippen LogP contribution in [0.15, 0.2) is 109 Å². The zero-order chi connectivity index (χ0) is 31.6. The summed E-state index contributed by atoms with van der Waals surface area (Å²) >= 11 is 0. The molecule has 0 unspecified atom stereocenters. The van der Waals surface area contributed by atoms with Crippen molar-refractivity contribution in [2.45, 2.75) is 27.7 Å². The third-order valence-corrected chi connectivity index (χ3v) is 7.12. The molecule has 44 heavy (non-hydrogen) atoms. The van der Waals surface area contributed by atoms with Gasteiger partial charge in [0.25, 0.3) is 5.91 Å². The molecular weight excluding hydrogens is 561 g/mol. The van der Waals surface area contributed by atoms with Crippen LogP contribution in [0, 0.1) is 13.8 Å². The lowest BCUT2D eigenvalue weighted by molar-refractivity contribution is -0.360. The Balaban J connectivity index is 0.000000906. The van der Waals surface area contributed by atoms with Crippen LogP contribution in [0.5, 0.6) is 0 Å². The predicted octanol–water partition coefficient (Wildman–Crippen LogP) is 6.61. The second kappa shape index (κ2) is 12.1. The Labute approximate surface area is 254 Å². The van der Waals surface area contributed by atoms with Crippen LogP contribution in [-0.2, 0) is 9.59 Å². The number of amides is 2. The van der Waals surface area contributed by atoms with E-state index >= 15 is 8.63 Å². The first-order chi connectivity index (χ1) is 21.0. The van der Waals surface area contributed by atoms with Gasteiger partial charge < -0.3 is 33.0 Å². The minimum absolute atomic E-state index is 0.167. The quantitative estimate of drug-likeness (QED) is 0.256. The molecule has 10 heteroatoms. The van der Waals surface area contributed by atoms with Gasteiger partial charge in [-0.15, -0.1) is 0 Å². The predicted molar refractivity (Wildman–Crippen MR) is 170 cm³/mol. The maximum atomic E-state index is 16.6. The van der Waals surface area contributed by atoms with Crippen molar-refractivity contribution in [2.75, 3.05) is 10.6 Å². The lowest BCUT2D eigenvalue weighted by Gasteiger charge is -2.33. The second-order valence-electron chi connectivity index (χ2n) is 10.8. The van der Waals surface area contributed by atoms with Crippen molar-refractivity contribution in [1.29, 1.82) is 0 Å². The minimum Gasteiger partial charge on any atom is -0.389 e. The van der Waals surface area contributed by atoms with Crippen LogP contribution >= 0.6 is 0 Å². The standard InChI is InChI=1S/C31H25BF2N4O2.C3H6O/c1-20-8-12-23(13-9-20)35-30(39)27-18-16-25-29(22-6-4-3-5-7-22)26-17-19-28(38(26)32(33,34)37(25)27)31(40)36-24-14-10-21(2)11-15-24;1-3(2)4/h3-19H,1-2H3,(H,35,39)(H,36,40);1-2H3. The van der Waals surface area contributed by atoms with E-state index in [1.165, 1.54) is 38.1 Å². The topological polar surface area (TPSA) is 83.2 Å². The van der Waals surface area contributed by atoms with Gasteiger partial charge in [0.1, 0.15) is 5.78 Å². The number of Topliss-reactive ketones (excluding diaryl/α,β-unsaturated/α-hetero) is 1. The number of aryl methyl sites for hydroxylation is 2. The van der Waals surface area contributed by atoms with Crippen LogP contribution in [0.2, 0.25) is 0 Å². The summed E-state index contributed by atoms with van der Waals surface area (Å²) in [7, 11) is 0. The molecule has 222 valence electrons. The van der Waals surface area contributed by atoms with Crippen molar-refractivity contribution in [2.24, 2.45) is 0 Å². The Hall–Kier alpha value is -5.38. The summed E-state index contributed by atoms with van der Waals surface area (Å²) in [6, 6.07) is 26.2. The molecule has 2 N–H and O–H groups in total. The van der Waals surface area contributed by atoms with E-state index in [4.69, 9.17) is 0 Å². The van der Waals surface area contributed by atoms with Crippen LogP contribution in [0.3, 0.4) is 0 Å². The molecule has 7 nitrogen and oxygen atoms in total. The number of anilines is 2. The molecule has 0 atom stereocenters. The molecule has 0 radical (unpaired) electrons. The summed E-state index contributed by atoms with van der Waals surface area (Å²) in [5.41, 5.74) is 4.15. The number of allylic oxidation sites excluding steroid dienone is 1. The molecule has 2 aliphatic rings. The molecule has 0 spiro atoms. The number of rotatable bonds is 5. The Morgan fingerprint density at radius 2 is 1.23 bits per heavy atom. The lowest BCUT2D eigenvalue weighted by Crippen LogP contribution is -2.53. The summed E-state index contributed by atoms with van der Waals surface area (Å²) in [5, 5.41) is 5.45. The van der Waals surface area contributed by atoms with E-state index in [0.29, 0.717) is 22.5 Å². The van der Waals surface area contributed by atoms with Crippen LogP contribution < -0.4 is 10.6 Å². The van der Waals surface area contributed by atoms with E-state index in [2.05, 4.69) is 10.6 Å². The lowest BCUT2D eigenvalue weighted by atomic mass is 9.85. The highest BCUT2D eigenvalue weighted by atomic mass is 19.2. The fourth-order valence-corrected chi connectivity index (χ4v) is 5.15. The first-order valence-electron chi connectivity index (χ1n) is 14.1. The number of fused-ring (bicyclic) bond motifs is 2. The van der Waals surface area contributed by atoms with Crippen LogP contribution in [0.25, 0.3) is 5.57 Å². The molecule has 1 aromatic heterocycles.